The van der Waals surface area contributed by atoms with Crippen molar-refractivity contribution in [3.63, 3.8) is 0 Å². The summed E-state index contributed by atoms with van der Waals surface area (Å²) in [7, 11) is -3.60. The zero-order chi connectivity index (χ0) is 21.7. The molecule has 2 aliphatic rings. The minimum absolute atomic E-state index is 0.0692. The van der Waals surface area contributed by atoms with Crippen LogP contribution in [0.2, 0.25) is 0 Å². The van der Waals surface area contributed by atoms with E-state index in [9.17, 15) is 22.4 Å². The molecule has 0 spiro atoms. The van der Waals surface area contributed by atoms with Gasteiger partial charge in [0.2, 0.25) is 15.9 Å². The molecule has 2 fully saturated rings. The molecule has 3 amide bonds. The van der Waals surface area contributed by atoms with Crippen molar-refractivity contribution in [2.45, 2.75) is 32.2 Å². The van der Waals surface area contributed by atoms with Crippen LogP contribution in [0.1, 0.15) is 37.8 Å². The van der Waals surface area contributed by atoms with Gasteiger partial charge in [-0.05, 0) is 49.8 Å². The summed E-state index contributed by atoms with van der Waals surface area (Å²) in [5.41, 5.74) is 0.603. The number of amides is 3. The topological polar surface area (TPSA) is 114 Å². The third-order valence-corrected chi connectivity index (χ3v) is 6.34. The summed E-state index contributed by atoms with van der Waals surface area (Å²) < 4.78 is 51.9. The molecule has 1 aliphatic heterocycles. The third-order valence-electron chi connectivity index (χ3n) is 4.80. The second kappa shape index (κ2) is 9.71. The normalized spacial score (nSPS) is 17.9. The van der Waals surface area contributed by atoms with Crippen molar-refractivity contribution in [2.24, 2.45) is 5.92 Å². The number of halogens is 1. The maximum absolute atomic E-state index is 13.9. The summed E-state index contributed by atoms with van der Waals surface area (Å²) in [6.07, 6.45) is 2.39. The van der Waals surface area contributed by atoms with E-state index in [1.54, 1.807) is 6.92 Å². The molecule has 166 valence electrons. The van der Waals surface area contributed by atoms with Gasteiger partial charge in [-0.15, -0.1) is 0 Å². The third kappa shape index (κ3) is 6.64. The minimum atomic E-state index is -3.60. The number of benzene rings is 1. The van der Waals surface area contributed by atoms with Crippen LogP contribution < -0.4 is 14.8 Å². The molecule has 1 aromatic rings. The van der Waals surface area contributed by atoms with Gasteiger partial charge in [-0.3, -0.25) is 15.0 Å². The maximum atomic E-state index is 13.9. The fourth-order valence-electron chi connectivity index (χ4n) is 2.90. The first-order valence-electron chi connectivity index (χ1n) is 9.82. The predicted octanol–water partition coefficient (Wildman–Crippen LogP) is 1.51. The molecule has 30 heavy (non-hydrogen) atoms. The van der Waals surface area contributed by atoms with Crippen LogP contribution in [0.15, 0.2) is 18.2 Å². The van der Waals surface area contributed by atoms with E-state index in [4.69, 9.17) is 9.47 Å². The Morgan fingerprint density at radius 1 is 1.33 bits per heavy atom. The monoisotopic (exact) mass is 443 g/mol. The van der Waals surface area contributed by atoms with E-state index in [1.165, 1.54) is 23.1 Å². The van der Waals surface area contributed by atoms with Crippen molar-refractivity contribution >= 4 is 22.0 Å². The summed E-state index contributed by atoms with van der Waals surface area (Å²) in [4.78, 5) is 23.6. The van der Waals surface area contributed by atoms with Crippen LogP contribution in [0.4, 0.5) is 9.18 Å². The molecule has 1 heterocycles. The van der Waals surface area contributed by atoms with Gasteiger partial charge < -0.3 is 9.47 Å². The van der Waals surface area contributed by atoms with Gasteiger partial charge in [0.15, 0.2) is 11.6 Å². The van der Waals surface area contributed by atoms with Crippen molar-refractivity contribution in [3.05, 3.63) is 29.6 Å². The highest BCUT2D eigenvalue weighted by Gasteiger charge is 2.26. The number of urea groups is 1. The van der Waals surface area contributed by atoms with E-state index >= 15 is 0 Å². The number of ether oxygens (including phenoxy) is 2. The first-order chi connectivity index (χ1) is 14.2. The van der Waals surface area contributed by atoms with Crippen LogP contribution in [0.5, 0.6) is 5.75 Å². The number of carbonyl (C=O) groups is 2. The number of hydrogen-bond acceptors (Lipinski definition) is 6. The Kier molecular flexibility index (Phi) is 7.27. The van der Waals surface area contributed by atoms with Gasteiger partial charge in [-0.25, -0.2) is 22.3 Å². The van der Waals surface area contributed by atoms with Crippen LogP contribution in [-0.4, -0.2) is 57.5 Å². The van der Waals surface area contributed by atoms with Gasteiger partial charge in [-0.2, -0.15) is 0 Å². The number of imide groups is 1. The average molecular weight is 443 g/mol. The lowest BCUT2D eigenvalue weighted by atomic mass is 10.1. The van der Waals surface area contributed by atoms with Crippen molar-refractivity contribution < 1.29 is 31.9 Å². The van der Waals surface area contributed by atoms with Gasteiger partial charge in [0.05, 0.1) is 12.4 Å². The molecule has 0 radical (unpaired) electrons. The fraction of sp³-hybridized carbons (Fsp3) is 0.579. The molecule has 3 rings (SSSR count). The summed E-state index contributed by atoms with van der Waals surface area (Å²) in [5, 5.41) is 2.12. The molecule has 0 bridgehead atoms. The number of rotatable bonds is 12. The Balaban J connectivity index is 1.42. The zero-order valence-corrected chi connectivity index (χ0v) is 17.5. The molecule has 1 aromatic carbocycles. The second-order valence-corrected chi connectivity index (χ2v) is 9.42. The van der Waals surface area contributed by atoms with Gasteiger partial charge >= 0.3 is 6.03 Å². The first-order valence-corrected chi connectivity index (χ1v) is 11.5. The highest BCUT2D eigenvalue weighted by atomic mass is 32.2. The molecule has 1 saturated carbocycles. The zero-order valence-electron chi connectivity index (χ0n) is 16.7. The molecule has 9 nitrogen and oxygen atoms in total. The summed E-state index contributed by atoms with van der Waals surface area (Å²) >= 11 is 0. The lowest BCUT2D eigenvalue weighted by molar-refractivity contribution is -0.118. The lowest BCUT2D eigenvalue weighted by Gasteiger charge is -2.17. The lowest BCUT2D eigenvalue weighted by Crippen LogP contribution is -2.31. The van der Waals surface area contributed by atoms with Crippen molar-refractivity contribution in [1.29, 1.82) is 0 Å². The number of carbonyl (C=O) groups excluding carboxylic acids is 2. The Hall–Kier alpha value is -2.24. The van der Waals surface area contributed by atoms with Crippen molar-refractivity contribution in [1.82, 2.24) is 14.9 Å². The van der Waals surface area contributed by atoms with Crippen LogP contribution in [-0.2, 0) is 19.6 Å². The van der Waals surface area contributed by atoms with Crippen LogP contribution in [0.3, 0.4) is 0 Å². The highest BCUT2D eigenvalue weighted by Crippen LogP contribution is 2.31. The van der Waals surface area contributed by atoms with Crippen LogP contribution >= 0.6 is 0 Å². The Labute approximate surface area is 174 Å². The molecule has 2 N–H and O–H groups in total. The molecule has 1 saturated heterocycles. The van der Waals surface area contributed by atoms with E-state index in [0.717, 1.165) is 12.8 Å². The number of sulfonamides is 1. The molecular weight excluding hydrogens is 417 g/mol. The van der Waals surface area contributed by atoms with Crippen LogP contribution in [0.25, 0.3) is 0 Å². The quantitative estimate of drug-likeness (QED) is 0.374. The summed E-state index contributed by atoms with van der Waals surface area (Å²) in [6, 6.07) is 3.24. The predicted molar refractivity (Wildman–Crippen MR) is 106 cm³/mol. The van der Waals surface area contributed by atoms with E-state index in [-0.39, 0.29) is 37.8 Å². The Bertz CT molecular complexity index is 890. The molecule has 1 aliphatic carbocycles. The van der Waals surface area contributed by atoms with E-state index in [1.807, 2.05) is 0 Å². The molecule has 11 heteroatoms. The molecule has 1 atom stereocenters. The number of nitrogens with one attached hydrogen (secondary N) is 2. The Morgan fingerprint density at radius 3 is 2.77 bits per heavy atom. The average Bonchev–Trinajstić information content (AvgIpc) is 3.44. The maximum Gasteiger partial charge on any atom is 0.326 e. The standard InChI is InChI=1S/C19H26FN3O6S/c1-13(15-5-6-16(20)17(9-15)29-11-14-3-4-14)22-30(26,27)8-2-7-28-12-23-10-18(24)21-19(23)25/h5-6,9,13-14,22H,2-4,7-8,10-12H2,1H3,(H,21,24,25)/t13-/m1/s1. The molecular formula is C19H26FN3O6S. The Morgan fingerprint density at radius 2 is 2.10 bits per heavy atom. The smallest absolute Gasteiger partial charge is 0.326 e. The summed E-state index contributed by atoms with van der Waals surface area (Å²) in [5.74, 6) is -0.435. The second-order valence-electron chi connectivity index (χ2n) is 7.54. The first kappa shape index (κ1) is 22.4. The van der Waals surface area contributed by atoms with E-state index in [2.05, 4.69) is 10.0 Å². The van der Waals surface area contributed by atoms with Crippen molar-refractivity contribution in [2.75, 3.05) is 32.2 Å². The number of hydrogen-bond donors (Lipinski definition) is 2. The van der Waals surface area contributed by atoms with Crippen LogP contribution in [0, 0.1) is 11.7 Å². The van der Waals surface area contributed by atoms with E-state index < -0.39 is 33.8 Å². The molecule has 0 aromatic heterocycles. The largest absolute Gasteiger partial charge is 0.490 e. The minimum Gasteiger partial charge on any atom is -0.490 e. The summed E-state index contributed by atoms with van der Waals surface area (Å²) in [6.45, 7) is 2.10. The SMILES string of the molecule is C[C@@H](NS(=O)(=O)CCCOCN1CC(=O)NC1=O)c1ccc(F)c(OCC2CC2)c1. The highest BCUT2D eigenvalue weighted by molar-refractivity contribution is 7.89. The van der Waals surface area contributed by atoms with Gasteiger partial charge in [0.1, 0.15) is 13.3 Å². The van der Waals surface area contributed by atoms with Gasteiger partial charge in [0.25, 0.3) is 0 Å². The van der Waals surface area contributed by atoms with Gasteiger partial charge in [0, 0.05) is 12.6 Å². The fourth-order valence-corrected chi connectivity index (χ4v) is 4.19. The van der Waals surface area contributed by atoms with Crippen molar-refractivity contribution in [3.8, 4) is 5.75 Å². The van der Waals surface area contributed by atoms with Gasteiger partial charge in [-0.1, -0.05) is 6.07 Å². The van der Waals surface area contributed by atoms with E-state index in [0.29, 0.717) is 18.1 Å². The molecule has 0 unspecified atom stereocenters. The number of nitrogens with zero attached hydrogens (tertiary/aromatic N) is 1.